The molecule has 1 aliphatic rings. The van der Waals surface area contributed by atoms with Crippen LogP contribution in [0.15, 0.2) is 176 Å². The highest BCUT2D eigenvalue weighted by Gasteiger charge is 2.36. The molecule has 11 rings (SSSR count). The molecule has 72 heavy (non-hydrogen) atoms. The Bertz CT molecular complexity index is 3710. The van der Waals surface area contributed by atoms with Crippen molar-refractivity contribution in [3.05, 3.63) is 216 Å². The number of hydrogen-bond donors (Lipinski definition) is 0. The van der Waals surface area contributed by atoms with Gasteiger partial charge in [-0.2, -0.15) is 0 Å². The molecular formula is C62H49F5N4O. The van der Waals surface area contributed by atoms with E-state index in [0.717, 1.165) is 66.8 Å². The van der Waals surface area contributed by atoms with Crippen LogP contribution >= 0.6 is 0 Å². The van der Waals surface area contributed by atoms with Gasteiger partial charge in [-0.3, -0.25) is 4.57 Å². The monoisotopic (exact) mass is 960 g/mol. The van der Waals surface area contributed by atoms with Crippen molar-refractivity contribution in [2.24, 2.45) is 0 Å². The number of hydrogen-bond acceptors (Lipinski definition) is 4. The molecule has 10 aromatic rings. The number of rotatable bonds is 8. The van der Waals surface area contributed by atoms with Gasteiger partial charge in [-0.05, 0) is 98.8 Å². The fraction of sp³-hybridized carbons (Fsp3) is 0.145. The Morgan fingerprint density at radius 3 is 1.78 bits per heavy atom. The van der Waals surface area contributed by atoms with Crippen LogP contribution in [0.4, 0.5) is 44.7 Å². The summed E-state index contributed by atoms with van der Waals surface area (Å²) in [5.74, 6) is -8.09. The molecule has 0 spiro atoms. The Kier molecular flexibility index (Phi) is 11.3. The summed E-state index contributed by atoms with van der Waals surface area (Å²) >= 11 is 0. The average Bonchev–Trinajstić information content (AvgIpc) is 3.93. The van der Waals surface area contributed by atoms with Crippen molar-refractivity contribution < 1.29 is 26.7 Å². The topological polar surface area (TPSA) is 33.5 Å². The van der Waals surface area contributed by atoms with E-state index in [1.54, 1.807) is 6.07 Å². The minimum absolute atomic E-state index is 0.0995. The summed E-state index contributed by atoms with van der Waals surface area (Å²) in [5, 5.41) is 2.13. The first-order chi connectivity index (χ1) is 34.5. The van der Waals surface area contributed by atoms with E-state index in [9.17, 15) is 4.39 Å². The smallest absolute Gasteiger partial charge is 0.200 e. The Hall–Kier alpha value is -8.24. The number of pyridine rings is 1. The molecule has 0 unspecified atom stereocenters. The zero-order chi connectivity index (χ0) is 50.2. The third kappa shape index (κ3) is 8.01. The van der Waals surface area contributed by atoms with E-state index in [0.29, 0.717) is 28.4 Å². The van der Waals surface area contributed by atoms with Gasteiger partial charge in [0.25, 0.3) is 0 Å². The van der Waals surface area contributed by atoms with Crippen LogP contribution < -0.4 is 14.5 Å². The van der Waals surface area contributed by atoms with Gasteiger partial charge >= 0.3 is 0 Å². The molecule has 2 aromatic heterocycles. The second-order valence-electron chi connectivity index (χ2n) is 20.3. The van der Waals surface area contributed by atoms with Crippen molar-refractivity contribution in [3.63, 3.8) is 0 Å². The molecule has 3 heterocycles. The molecule has 1 aliphatic heterocycles. The molecule has 0 aliphatic carbocycles. The van der Waals surface area contributed by atoms with Crippen LogP contribution in [-0.4, -0.2) is 16.2 Å². The summed E-state index contributed by atoms with van der Waals surface area (Å²) in [6.45, 7) is 12.5. The Morgan fingerprint density at radius 1 is 0.472 bits per heavy atom. The number of nitrogens with zero attached hydrogens (tertiary/aromatic N) is 4. The van der Waals surface area contributed by atoms with Crippen LogP contribution in [0.1, 0.15) is 52.7 Å². The highest BCUT2D eigenvalue weighted by Crippen LogP contribution is 2.52. The second kappa shape index (κ2) is 17.6. The number of halogens is 5. The first-order valence-corrected chi connectivity index (χ1v) is 23.8. The van der Waals surface area contributed by atoms with Gasteiger partial charge in [-0.15, -0.1) is 0 Å². The molecule has 5 nitrogen and oxygen atoms in total. The minimum Gasteiger partial charge on any atom is -0.457 e. The number of benzene rings is 8. The van der Waals surface area contributed by atoms with Crippen molar-refractivity contribution in [1.82, 2.24) is 9.55 Å². The van der Waals surface area contributed by atoms with Crippen molar-refractivity contribution in [3.8, 4) is 50.7 Å². The molecule has 10 heteroatoms. The Labute approximate surface area is 415 Å². The van der Waals surface area contributed by atoms with Gasteiger partial charge in [0.15, 0.2) is 23.3 Å². The van der Waals surface area contributed by atoms with Crippen LogP contribution in [-0.2, 0) is 10.8 Å². The maximum absolute atomic E-state index is 15.9. The van der Waals surface area contributed by atoms with E-state index in [2.05, 4.69) is 103 Å². The van der Waals surface area contributed by atoms with E-state index in [4.69, 9.17) is 9.72 Å². The van der Waals surface area contributed by atoms with Gasteiger partial charge in [0.1, 0.15) is 24.0 Å². The lowest BCUT2D eigenvalue weighted by molar-refractivity contribution is 0.381. The van der Waals surface area contributed by atoms with E-state index in [1.807, 2.05) is 117 Å². The van der Waals surface area contributed by atoms with Crippen LogP contribution in [0.3, 0.4) is 0 Å². The molecule has 358 valence electrons. The van der Waals surface area contributed by atoms with Crippen LogP contribution in [0.5, 0.6) is 11.5 Å². The predicted molar refractivity (Wildman–Crippen MR) is 281 cm³/mol. The average molecular weight is 961 g/mol. The molecular weight excluding hydrogens is 912 g/mol. The summed E-state index contributed by atoms with van der Waals surface area (Å²) in [7, 11) is 0. The van der Waals surface area contributed by atoms with Crippen molar-refractivity contribution in [1.29, 1.82) is 0 Å². The molecule has 8 aromatic carbocycles. The fourth-order valence-electron chi connectivity index (χ4n) is 9.96. The number of aromatic nitrogens is 2. The van der Waals surface area contributed by atoms with Crippen LogP contribution in [0, 0.1) is 29.1 Å². The lowest BCUT2D eigenvalue weighted by atomic mass is 9.83. The molecule has 0 saturated heterocycles. The predicted octanol–water partition coefficient (Wildman–Crippen LogP) is 17.5. The second-order valence-corrected chi connectivity index (χ2v) is 20.3. The fourth-order valence-corrected chi connectivity index (χ4v) is 9.96. The zero-order valence-electron chi connectivity index (χ0n) is 40.5. The summed E-state index contributed by atoms with van der Waals surface area (Å²) < 4.78 is 85.5. The number of fused-ring (bicyclic) bond motifs is 4. The lowest BCUT2D eigenvalue weighted by Gasteiger charge is -2.32. The van der Waals surface area contributed by atoms with Gasteiger partial charge in [0, 0.05) is 40.4 Å². The van der Waals surface area contributed by atoms with Gasteiger partial charge in [0.05, 0.1) is 33.7 Å². The van der Waals surface area contributed by atoms with Crippen molar-refractivity contribution >= 4 is 44.6 Å². The Balaban J connectivity index is 1.07. The minimum atomic E-state index is -2.21. The first kappa shape index (κ1) is 46.2. The van der Waals surface area contributed by atoms with E-state index in [1.165, 1.54) is 6.07 Å². The molecule has 0 atom stereocenters. The van der Waals surface area contributed by atoms with Gasteiger partial charge in [-0.1, -0.05) is 145 Å². The number of para-hydroxylation sites is 4. The van der Waals surface area contributed by atoms with Gasteiger partial charge in [0.2, 0.25) is 5.82 Å². The molecule has 0 bridgehead atoms. The third-order valence-electron chi connectivity index (χ3n) is 13.6. The van der Waals surface area contributed by atoms with Crippen LogP contribution in [0.2, 0.25) is 0 Å². The largest absolute Gasteiger partial charge is 0.457 e. The zero-order valence-corrected chi connectivity index (χ0v) is 40.5. The summed E-state index contributed by atoms with van der Waals surface area (Å²) in [5.41, 5.74) is 8.28. The van der Waals surface area contributed by atoms with Gasteiger partial charge in [-0.25, -0.2) is 26.9 Å². The van der Waals surface area contributed by atoms with E-state index < -0.39 is 40.1 Å². The van der Waals surface area contributed by atoms with Crippen LogP contribution in [0.25, 0.3) is 61.0 Å². The highest BCUT2D eigenvalue weighted by molar-refractivity contribution is 6.09. The summed E-state index contributed by atoms with van der Waals surface area (Å²) in [6.07, 6.45) is 1.86. The van der Waals surface area contributed by atoms with Gasteiger partial charge < -0.3 is 14.5 Å². The first-order valence-electron chi connectivity index (χ1n) is 23.8. The highest BCUT2D eigenvalue weighted by atomic mass is 19.2. The Morgan fingerprint density at radius 2 is 1.08 bits per heavy atom. The lowest BCUT2D eigenvalue weighted by Crippen LogP contribution is -2.27. The SMILES string of the molecule is CC(C)(C)c1ccnc(-n2c3ccccc3c3ccc(Oc4cc(-c5ccc(-c6ccccc6)cc5)cc(N5CN(c6c(-c7c(F)c(F)c(F)c(F)c7F)cccc6C(C)(C)C)c6ccccc65)c4)cc32)c1. The molecule has 0 N–H and O–H groups in total. The maximum atomic E-state index is 15.9. The van der Waals surface area contributed by atoms with Crippen molar-refractivity contribution in [2.75, 3.05) is 16.5 Å². The van der Waals surface area contributed by atoms with Crippen molar-refractivity contribution in [2.45, 2.75) is 52.4 Å². The normalized spacial score (nSPS) is 12.8. The maximum Gasteiger partial charge on any atom is 0.200 e. The van der Waals surface area contributed by atoms with E-state index in [-0.39, 0.29) is 17.6 Å². The molecule has 0 radical (unpaired) electrons. The standard InChI is InChI=1S/C62H49F5N4O/c1-61(2,3)41-29-30-68-53(33-41)71-49-20-11-10-17-45(49)46-28-27-43(35-52(46)71)72-44-32-40(39-25-23-38(24-26-39)37-15-8-7-9-16-37)31-42(34-44)69-36-70(51-22-13-12-21-50(51)69)60-47(18-14-19-48(60)62(4,5)6)54-55(63)57(65)59(67)58(66)56(54)64/h7-35H,36H2,1-6H3. The molecule has 0 amide bonds. The number of anilines is 4. The summed E-state index contributed by atoms with van der Waals surface area (Å²) in [4.78, 5) is 8.83. The molecule has 0 saturated carbocycles. The molecule has 0 fully saturated rings. The van der Waals surface area contributed by atoms with E-state index >= 15 is 17.6 Å². The summed E-state index contributed by atoms with van der Waals surface area (Å²) in [6, 6.07) is 55.5. The number of ether oxygens (including phenoxy) is 1. The third-order valence-corrected chi connectivity index (χ3v) is 13.6. The quantitative estimate of drug-likeness (QED) is 0.0863.